The molecule has 3 rings (SSSR count). The molecule has 0 aromatic heterocycles. The van der Waals surface area contributed by atoms with Crippen molar-refractivity contribution in [2.24, 2.45) is 0 Å². The lowest BCUT2D eigenvalue weighted by atomic mass is 10.1. The van der Waals surface area contributed by atoms with Crippen molar-refractivity contribution < 1.29 is 38.5 Å². The number of benzene rings is 3. The summed E-state index contributed by atoms with van der Waals surface area (Å²) in [5.41, 5.74) is 5.33. The Morgan fingerprint density at radius 1 is 0.759 bits per heavy atom. The number of nitrogen functional groups attached to an aromatic ring is 1. The molecule has 4 N–H and O–H groups in total. The van der Waals surface area contributed by atoms with E-state index in [0.717, 1.165) is 24.3 Å². The minimum atomic E-state index is -4.99. The number of rotatable bonds is 5. The molecule has 0 aliphatic carbocycles. The minimum Gasteiger partial charge on any atom is -0.399 e. The smallest absolute Gasteiger partial charge is 0.339 e. The normalized spacial score (nSPS) is 12.8. The van der Waals surface area contributed by atoms with Gasteiger partial charge >= 0.3 is 10.1 Å². The van der Waals surface area contributed by atoms with E-state index in [0.29, 0.717) is 0 Å². The topological polar surface area (TPSA) is 178 Å². The van der Waals surface area contributed by atoms with Crippen molar-refractivity contribution in [2.75, 3.05) is 5.73 Å². The third-order valence-electron chi connectivity index (χ3n) is 3.81. The van der Waals surface area contributed by atoms with E-state index in [4.69, 9.17) is 9.92 Å². The monoisotopic (exact) mass is 459 g/mol. The quantitative estimate of drug-likeness (QED) is 0.289. The van der Waals surface area contributed by atoms with Crippen LogP contribution in [0.1, 0.15) is 0 Å². The first-order valence-corrected chi connectivity index (χ1v) is 11.9. The molecule has 0 heterocycles. The summed E-state index contributed by atoms with van der Waals surface area (Å²) >= 11 is 0. The zero-order chi connectivity index (χ0) is 21.6. The van der Waals surface area contributed by atoms with Crippen LogP contribution in [0.4, 0.5) is 5.69 Å². The molecule has 154 valence electrons. The average Bonchev–Trinajstić information content (AvgIpc) is 2.59. The van der Waals surface area contributed by atoms with Crippen molar-refractivity contribution in [3.8, 4) is 5.75 Å². The van der Waals surface area contributed by atoms with Crippen molar-refractivity contribution >= 4 is 46.8 Å². The van der Waals surface area contributed by atoms with Crippen LogP contribution in [-0.2, 0) is 30.4 Å². The Bertz CT molecular complexity index is 1430. The maximum Gasteiger partial charge on any atom is 0.339 e. The second-order valence-electron chi connectivity index (χ2n) is 5.80. The third-order valence-corrected chi connectivity index (χ3v) is 6.85. The molecule has 3 aromatic carbocycles. The standard InChI is InChI=1S/C16H13NO9S3/c17-10-8-12-14(27(18,19)20)7-6-13(16(12)15(9-10)28(21,22)23)26-29(24,25)11-4-2-1-3-5-11/h1-9H,17H2,(H,18,19,20)(H,21,22,23). The summed E-state index contributed by atoms with van der Waals surface area (Å²) in [7, 11) is -14.3. The van der Waals surface area contributed by atoms with Crippen LogP contribution in [-0.4, -0.2) is 34.4 Å². The maximum absolute atomic E-state index is 12.5. The predicted molar refractivity (Wildman–Crippen MR) is 102 cm³/mol. The Hall–Kier alpha value is -2.71. The lowest BCUT2D eigenvalue weighted by Crippen LogP contribution is -2.12. The molecule has 0 aliphatic heterocycles. The Morgan fingerprint density at radius 3 is 1.90 bits per heavy atom. The van der Waals surface area contributed by atoms with E-state index in [1.807, 2.05) is 0 Å². The lowest BCUT2D eigenvalue weighted by Gasteiger charge is -2.14. The second-order valence-corrected chi connectivity index (χ2v) is 10.1. The van der Waals surface area contributed by atoms with E-state index in [1.54, 1.807) is 6.07 Å². The van der Waals surface area contributed by atoms with Crippen molar-refractivity contribution in [1.29, 1.82) is 0 Å². The van der Waals surface area contributed by atoms with E-state index in [9.17, 15) is 34.4 Å². The van der Waals surface area contributed by atoms with Crippen molar-refractivity contribution in [3.63, 3.8) is 0 Å². The number of fused-ring (bicyclic) bond motifs is 1. The van der Waals surface area contributed by atoms with Crippen LogP contribution in [0.2, 0.25) is 0 Å². The number of anilines is 1. The molecule has 29 heavy (non-hydrogen) atoms. The number of hydrogen-bond donors (Lipinski definition) is 3. The molecular formula is C16H13NO9S3. The summed E-state index contributed by atoms with van der Waals surface area (Å²) in [6, 6.07) is 10.3. The van der Waals surface area contributed by atoms with Crippen molar-refractivity contribution in [1.82, 2.24) is 0 Å². The van der Waals surface area contributed by atoms with Gasteiger partial charge in [0.2, 0.25) is 0 Å². The Balaban J connectivity index is 2.40. The van der Waals surface area contributed by atoms with Gasteiger partial charge in [-0.3, -0.25) is 9.11 Å². The molecule has 0 amide bonds. The fraction of sp³-hybridized carbons (Fsp3) is 0. The van der Waals surface area contributed by atoms with E-state index in [-0.39, 0.29) is 10.6 Å². The van der Waals surface area contributed by atoms with E-state index >= 15 is 0 Å². The highest BCUT2D eigenvalue weighted by Gasteiger charge is 2.27. The summed E-state index contributed by atoms with van der Waals surface area (Å²) in [6.07, 6.45) is 0. The van der Waals surface area contributed by atoms with Gasteiger partial charge in [-0.25, -0.2) is 0 Å². The molecule has 0 radical (unpaired) electrons. The highest BCUT2D eigenvalue weighted by Crippen LogP contribution is 2.38. The van der Waals surface area contributed by atoms with Crippen LogP contribution in [0, 0.1) is 0 Å². The van der Waals surface area contributed by atoms with Gasteiger partial charge in [-0.05, 0) is 36.4 Å². The van der Waals surface area contributed by atoms with Gasteiger partial charge in [0.05, 0.1) is 0 Å². The van der Waals surface area contributed by atoms with Crippen molar-refractivity contribution in [2.45, 2.75) is 14.7 Å². The van der Waals surface area contributed by atoms with Crippen LogP contribution >= 0.6 is 0 Å². The molecular weight excluding hydrogens is 446 g/mol. The first-order chi connectivity index (χ1) is 13.3. The average molecular weight is 459 g/mol. The van der Waals surface area contributed by atoms with Crippen LogP contribution < -0.4 is 9.92 Å². The summed E-state index contributed by atoms with van der Waals surface area (Å²) in [6.45, 7) is 0. The van der Waals surface area contributed by atoms with Crippen LogP contribution in [0.3, 0.4) is 0 Å². The van der Waals surface area contributed by atoms with Gasteiger partial charge in [-0.2, -0.15) is 25.3 Å². The molecule has 0 saturated heterocycles. The molecule has 0 saturated carbocycles. The van der Waals surface area contributed by atoms with Gasteiger partial charge in [-0.15, -0.1) is 0 Å². The zero-order valence-electron chi connectivity index (χ0n) is 14.3. The molecule has 0 atom stereocenters. The summed E-state index contributed by atoms with van der Waals surface area (Å²) in [5.74, 6) is -0.594. The first kappa shape index (κ1) is 21.0. The van der Waals surface area contributed by atoms with E-state index < -0.39 is 56.7 Å². The fourth-order valence-corrected chi connectivity index (χ4v) is 5.06. The molecule has 0 aliphatic rings. The fourth-order valence-electron chi connectivity index (χ4n) is 2.66. The Kier molecular flexibility index (Phi) is 5.04. The van der Waals surface area contributed by atoms with Crippen LogP contribution in [0.15, 0.2) is 69.3 Å². The molecule has 0 bridgehead atoms. The van der Waals surface area contributed by atoms with Crippen LogP contribution in [0.25, 0.3) is 10.8 Å². The molecule has 0 unspecified atom stereocenters. The Labute approximate surface area is 166 Å². The molecule has 10 nitrogen and oxygen atoms in total. The van der Waals surface area contributed by atoms with Crippen molar-refractivity contribution in [3.05, 3.63) is 54.6 Å². The summed E-state index contributed by atoms with van der Waals surface area (Å²) in [4.78, 5) is -1.90. The molecule has 3 aromatic rings. The Morgan fingerprint density at radius 2 is 1.34 bits per heavy atom. The third kappa shape index (κ3) is 4.18. The first-order valence-electron chi connectivity index (χ1n) is 7.61. The van der Waals surface area contributed by atoms with Gasteiger partial charge in [0.25, 0.3) is 20.2 Å². The molecule has 0 spiro atoms. The zero-order valence-corrected chi connectivity index (χ0v) is 16.7. The largest absolute Gasteiger partial charge is 0.399 e. The van der Waals surface area contributed by atoms with Crippen LogP contribution in [0.5, 0.6) is 5.75 Å². The molecule has 0 fully saturated rings. The summed E-state index contributed by atoms with van der Waals surface area (Å²) in [5, 5.41) is -1.04. The van der Waals surface area contributed by atoms with Gasteiger partial charge in [0, 0.05) is 16.5 Å². The van der Waals surface area contributed by atoms with E-state index in [1.165, 1.54) is 24.3 Å². The van der Waals surface area contributed by atoms with E-state index in [2.05, 4.69) is 0 Å². The minimum absolute atomic E-state index is 0.254. The number of hydrogen-bond acceptors (Lipinski definition) is 8. The van der Waals surface area contributed by atoms with Gasteiger partial charge in [0.15, 0.2) is 5.75 Å². The SMILES string of the molecule is Nc1cc(S(=O)(=O)O)c2c(OS(=O)(=O)c3ccccc3)ccc(S(=O)(=O)O)c2c1. The van der Waals surface area contributed by atoms with Gasteiger partial charge < -0.3 is 9.92 Å². The maximum atomic E-state index is 12.5. The number of nitrogens with two attached hydrogens (primary N) is 1. The second kappa shape index (κ2) is 6.96. The molecule has 13 heteroatoms. The summed E-state index contributed by atoms with van der Waals surface area (Å²) < 4.78 is 96.1. The van der Waals surface area contributed by atoms with Gasteiger partial charge in [0.1, 0.15) is 14.7 Å². The highest BCUT2D eigenvalue weighted by atomic mass is 32.2. The lowest BCUT2D eigenvalue weighted by molar-refractivity contribution is 0.477. The predicted octanol–water partition coefficient (Wildman–Crippen LogP) is 1.68. The highest BCUT2D eigenvalue weighted by molar-refractivity contribution is 7.87. The van der Waals surface area contributed by atoms with Gasteiger partial charge in [-0.1, -0.05) is 18.2 Å².